The van der Waals surface area contributed by atoms with Crippen LogP contribution in [0.5, 0.6) is 0 Å². The predicted octanol–water partition coefficient (Wildman–Crippen LogP) is 3.03. The maximum absolute atomic E-state index is 11.9. The van der Waals surface area contributed by atoms with Gasteiger partial charge in [0, 0.05) is 22.7 Å². The molecule has 100 valence electrons. The first-order valence-electron chi connectivity index (χ1n) is 5.85. The Morgan fingerprint density at radius 2 is 2.11 bits per heavy atom. The van der Waals surface area contributed by atoms with Crippen molar-refractivity contribution in [3.8, 4) is 0 Å². The number of hydrogen-bond donors (Lipinski definition) is 1. The number of benzene rings is 1. The maximum atomic E-state index is 11.9. The van der Waals surface area contributed by atoms with Crippen LogP contribution >= 0.6 is 23.2 Å². The van der Waals surface area contributed by atoms with E-state index >= 15 is 0 Å². The van der Waals surface area contributed by atoms with Crippen LogP contribution in [-0.2, 0) is 6.54 Å². The van der Waals surface area contributed by atoms with Crippen LogP contribution < -0.4 is 10.9 Å². The summed E-state index contributed by atoms with van der Waals surface area (Å²) in [6, 6.07) is 6.65. The average molecular weight is 298 g/mol. The lowest BCUT2D eigenvalue weighted by atomic mass is 10.2. The van der Waals surface area contributed by atoms with Crippen molar-refractivity contribution in [1.29, 1.82) is 0 Å². The van der Waals surface area contributed by atoms with E-state index in [4.69, 9.17) is 23.2 Å². The summed E-state index contributed by atoms with van der Waals surface area (Å²) in [5.41, 5.74) is 1.29. The second-order valence-corrected chi connectivity index (χ2v) is 4.85. The zero-order valence-corrected chi connectivity index (χ0v) is 11.9. The van der Waals surface area contributed by atoms with Gasteiger partial charge in [-0.05, 0) is 30.7 Å². The molecule has 1 N–H and O–H groups in total. The molecule has 2 aromatic rings. The largest absolute Gasteiger partial charge is 0.384 e. The monoisotopic (exact) mass is 297 g/mol. The Hall–Kier alpha value is -1.52. The second-order valence-electron chi connectivity index (χ2n) is 4.01. The summed E-state index contributed by atoms with van der Waals surface area (Å²) in [7, 11) is 0. The van der Waals surface area contributed by atoms with Crippen LogP contribution in [-0.4, -0.2) is 16.3 Å². The highest BCUT2D eigenvalue weighted by atomic mass is 35.5. The van der Waals surface area contributed by atoms with Crippen molar-refractivity contribution in [2.24, 2.45) is 0 Å². The first-order valence-corrected chi connectivity index (χ1v) is 6.60. The highest BCUT2D eigenvalue weighted by Crippen LogP contribution is 2.20. The highest BCUT2D eigenvalue weighted by molar-refractivity contribution is 6.33. The number of rotatable bonds is 4. The van der Waals surface area contributed by atoms with Crippen LogP contribution in [0.1, 0.15) is 12.5 Å². The molecule has 0 spiro atoms. The third-order valence-electron chi connectivity index (χ3n) is 2.58. The minimum absolute atomic E-state index is 0.186. The molecule has 0 radical (unpaired) electrons. The first kappa shape index (κ1) is 13.9. The quantitative estimate of drug-likeness (QED) is 0.943. The van der Waals surface area contributed by atoms with Crippen molar-refractivity contribution in [1.82, 2.24) is 9.78 Å². The lowest BCUT2D eigenvalue weighted by Crippen LogP contribution is -2.23. The Morgan fingerprint density at radius 3 is 2.79 bits per heavy atom. The summed E-state index contributed by atoms with van der Waals surface area (Å²) < 4.78 is 1.35. The van der Waals surface area contributed by atoms with E-state index < -0.39 is 0 Å². The lowest BCUT2D eigenvalue weighted by molar-refractivity contribution is 0.640. The first-order chi connectivity index (χ1) is 9.10. The topological polar surface area (TPSA) is 46.9 Å². The van der Waals surface area contributed by atoms with Gasteiger partial charge in [0.25, 0.3) is 5.56 Å². The van der Waals surface area contributed by atoms with Crippen LogP contribution in [0.15, 0.2) is 35.3 Å². The molecule has 2 rings (SSSR count). The minimum Gasteiger partial charge on any atom is -0.384 e. The fraction of sp³-hybridized carbons (Fsp3) is 0.231. The van der Waals surface area contributed by atoms with E-state index in [0.717, 1.165) is 12.1 Å². The Kier molecular flexibility index (Phi) is 4.45. The molecule has 0 saturated carbocycles. The molecule has 0 aliphatic carbocycles. The normalized spacial score (nSPS) is 10.5. The van der Waals surface area contributed by atoms with E-state index in [2.05, 4.69) is 10.4 Å². The molecule has 6 heteroatoms. The third kappa shape index (κ3) is 3.49. The Labute approximate surface area is 121 Å². The van der Waals surface area contributed by atoms with Gasteiger partial charge in [0.1, 0.15) is 0 Å². The fourth-order valence-corrected chi connectivity index (χ4v) is 2.05. The molecule has 0 aliphatic rings. The van der Waals surface area contributed by atoms with Gasteiger partial charge < -0.3 is 5.32 Å². The van der Waals surface area contributed by atoms with E-state index in [1.54, 1.807) is 24.4 Å². The third-order valence-corrected chi connectivity index (χ3v) is 3.18. The summed E-state index contributed by atoms with van der Waals surface area (Å²) in [5.74, 6) is 0. The van der Waals surface area contributed by atoms with Crippen LogP contribution in [0.2, 0.25) is 10.0 Å². The molecule has 1 aromatic heterocycles. The summed E-state index contributed by atoms with van der Waals surface area (Å²) in [4.78, 5) is 11.9. The molecule has 0 fully saturated rings. The number of anilines is 1. The highest BCUT2D eigenvalue weighted by Gasteiger charge is 2.05. The van der Waals surface area contributed by atoms with Crippen molar-refractivity contribution in [2.45, 2.75) is 13.5 Å². The van der Waals surface area contributed by atoms with Crippen molar-refractivity contribution < 1.29 is 0 Å². The van der Waals surface area contributed by atoms with Crippen LogP contribution in [0, 0.1) is 0 Å². The maximum Gasteiger partial charge on any atom is 0.269 e. The minimum atomic E-state index is -0.186. The van der Waals surface area contributed by atoms with Gasteiger partial charge in [-0.3, -0.25) is 4.79 Å². The van der Waals surface area contributed by atoms with E-state index in [1.165, 1.54) is 10.7 Å². The molecule has 0 atom stereocenters. The van der Waals surface area contributed by atoms with Gasteiger partial charge in [-0.1, -0.05) is 23.2 Å². The van der Waals surface area contributed by atoms with Gasteiger partial charge in [0.15, 0.2) is 0 Å². The predicted molar refractivity (Wildman–Crippen MR) is 78.2 cm³/mol. The van der Waals surface area contributed by atoms with Crippen molar-refractivity contribution in [3.05, 3.63) is 56.4 Å². The van der Waals surface area contributed by atoms with Crippen LogP contribution in [0.25, 0.3) is 0 Å². The van der Waals surface area contributed by atoms with Gasteiger partial charge in [0.05, 0.1) is 18.4 Å². The summed E-state index contributed by atoms with van der Waals surface area (Å²) in [6.07, 6.45) is 1.61. The zero-order valence-electron chi connectivity index (χ0n) is 10.4. The molecule has 0 saturated heterocycles. The Bertz CT molecular complexity index is 640. The van der Waals surface area contributed by atoms with Crippen molar-refractivity contribution >= 4 is 28.9 Å². The zero-order chi connectivity index (χ0) is 13.8. The number of hydrogen-bond acceptors (Lipinski definition) is 3. The summed E-state index contributed by atoms with van der Waals surface area (Å²) in [6.45, 7) is 2.99. The molecule has 0 unspecified atom stereocenters. The SMILES string of the molecule is CCNc1cnn(Cc2cc(Cl)ccc2Cl)c(=O)c1. The molecule has 4 nitrogen and oxygen atoms in total. The number of aromatic nitrogens is 2. The van der Waals surface area contributed by atoms with Crippen molar-refractivity contribution in [3.63, 3.8) is 0 Å². The molecule has 0 amide bonds. The summed E-state index contributed by atoms with van der Waals surface area (Å²) >= 11 is 12.0. The van der Waals surface area contributed by atoms with Crippen LogP contribution in [0.3, 0.4) is 0 Å². The second kappa shape index (κ2) is 6.08. The van der Waals surface area contributed by atoms with E-state index in [-0.39, 0.29) is 5.56 Å². The molecule has 19 heavy (non-hydrogen) atoms. The fourth-order valence-electron chi connectivity index (χ4n) is 1.68. The summed E-state index contributed by atoms with van der Waals surface area (Å²) in [5, 5.41) is 8.28. The van der Waals surface area contributed by atoms with Gasteiger partial charge in [-0.15, -0.1) is 0 Å². The van der Waals surface area contributed by atoms with Crippen LogP contribution in [0.4, 0.5) is 5.69 Å². The lowest BCUT2D eigenvalue weighted by Gasteiger charge is -2.08. The van der Waals surface area contributed by atoms with Crippen molar-refractivity contribution in [2.75, 3.05) is 11.9 Å². The van der Waals surface area contributed by atoms with Gasteiger partial charge in [-0.2, -0.15) is 5.10 Å². The van der Waals surface area contributed by atoms with E-state index in [1.807, 2.05) is 6.92 Å². The molecule has 1 aromatic carbocycles. The molecule has 1 heterocycles. The Morgan fingerprint density at radius 1 is 1.32 bits per heavy atom. The number of nitrogens with one attached hydrogen (secondary N) is 1. The van der Waals surface area contributed by atoms with Gasteiger partial charge in [0.2, 0.25) is 0 Å². The molecule has 0 aliphatic heterocycles. The molecular weight excluding hydrogens is 285 g/mol. The Balaban J connectivity index is 2.28. The average Bonchev–Trinajstić information content (AvgIpc) is 2.37. The standard InChI is InChI=1S/C13H13Cl2N3O/c1-2-16-11-6-13(19)18(17-7-11)8-9-5-10(14)3-4-12(9)15/h3-7,16H,2,8H2,1H3. The number of halogens is 2. The van der Waals surface area contributed by atoms with Gasteiger partial charge >= 0.3 is 0 Å². The van der Waals surface area contributed by atoms with E-state index in [9.17, 15) is 4.79 Å². The smallest absolute Gasteiger partial charge is 0.269 e. The van der Waals surface area contributed by atoms with E-state index in [0.29, 0.717) is 22.3 Å². The number of nitrogens with zero attached hydrogens (tertiary/aromatic N) is 2. The van der Waals surface area contributed by atoms with Gasteiger partial charge in [-0.25, -0.2) is 4.68 Å². The molecule has 0 bridgehead atoms. The molecular formula is C13H13Cl2N3O.